The first kappa shape index (κ1) is 15.6. The predicted molar refractivity (Wildman–Crippen MR) is 75.3 cm³/mol. The van der Waals surface area contributed by atoms with Gasteiger partial charge in [0, 0.05) is 11.5 Å². The summed E-state index contributed by atoms with van der Waals surface area (Å²) in [5, 5.41) is 2.74. The molecule has 0 bridgehead atoms. The Kier molecular flexibility index (Phi) is 4.09. The van der Waals surface area contributed by atoms with Gasteiger partial charge >= 0.3 is 0 Å². The van der Waals surface area contributed by atoms with Crippen LogP contribution < -0.4 is 5.32 Å². The van der Waals surface area contributed by atoms with Crippen molar-refractivity contribution in [2.24, 2.45) is 0 Å². The van der Waals surface area contributed by atoms with Crippen molar-refractivity contribution in [2.75, 3.05) is 5.32 Å². The molecule has 0 spiro atoms. The van der Waals surface area contributed by atoms with Crippen LogP contribution in [0.15, 0.2) is 18.2 Å². The smallest absolute Gasteiger partial charge is 0.196 e. The molecule has 3 nitrogen and oxygen atoms in total. The van der Waals surface area contributed by atoms with Gasteiger partial charge in [-0.05, 0) is 12.1 Å². The molecule has 0 aliphatic carbocycles. The summed E-state index contributed by atoms with van der Waals surface area (Å²) in [6.45, 7) is 5.67. The van der Waals surface area contributed by atoms with Gasteiger partial charge in [0.15, 0.2) is 17.5 Å². The van der Waals surface area contributed by atoms with Crippen molar-refractivity contribution in [3.05, 3.63) is 46.6 Å². The van der Waals surface area contributed by atoms with Crippen LogP contribution in [0.3, 0.4) is 0 Å². The number of aromatic nitrogens is 2. The van der Waals surface area contributed by atoms with Crippen LogP contribution >= 0.6 is 11.6 Å². The van der Waals surface area contributed by atoms with Gasteiger partial charge in [-0.15, -0.1) is 0 Å². The molecule has 2 aromatic rings. The van der Waals surface area contributed by atoms with E-state index in [4.69, 9.17) is 11.6 Å². The average molecular weight is 316 g/mol. The number of nitrogens with one attached hydrogen (secondary N) is 1. The molecule has 1 N–H and O–H groups in total. The second-order valence-corrected chi connectivity index (χ2v) is 5.88. The Balaban J connectivity index is 2.41. The zero-order valence-electron chi connectivity index (χ0n) is 11.6. The third-order valence-electron chi connectivity index (χ3n) is 2.66. The first-order valence-corrected chi connectivity index (χ1v) is 6.52. The van der Waals surface area contributed by atoms with Gasteiger partial charge in [-0.25, -0.2) is 23.1 Å². The maximum Gasteiger partial charge on any atom is 0.196 e. The molecule has 0 radical (unpaired) electrons. The van der Waals surface area contributed by atoms with Gasteiger partial charge < -0.3 is 5.32 Å². The summed E-state index contributed by atoms with van der Waals surface area (Å²) >= 11 is 5.90. The van der Waals surface area contributed by atoms with Crippen molar-refractivity contribution in [1.82, 2.24) is 9.97 Å². The van der Waals surface area contributed by atoms with Gasteiger partial charge in [0.1, 0.15) is 16.8 Å². The minimum absolute atomic E-state index is 0.167. The lowest BCUT2D eigenvalue weighted by Gasteiger charge is -2.18. The lowest BCUT2D eigenvalue weighted by molar-refractivity contribution is 0.449. The number of anilines is 2. The first-order chi connectivity index (χ1) is 9.68. The molecule has 0 unspecified atom stereocenters. The number of benzene rings is 1. The number of rotatable bonds is 2. The molecule has 0 saturated heterocycles. The molecule has 1 heterocycles. The van der Waals surface area contributed by atoms with E-state index >= 15 is 0 Å². The molecule has 0 aliphatic rings. The summed E-state index contributed by atoms with van der Waals surface area (Å²) in [6.07, 6.45) is 0. The lowest BCUT2D eigenvalue weighted by Crippen LogP contribution is -2.17. The lowest BCUT2D eigenvalue weighted by atomic mass is 9.96. The fourth-order valence-corrected chi connectivity index (χ4v) is 1.76. The van der Waals surface area contributed by atoms with Crippen molar-refractivity contribution in [3.8, 4) is 0 Å². The molecule has 0 amide bonds. The van der Waals surface area contributed by atoms with E-state index in [1.54, 1.807) is 0 Å². The molecular weight excluding hydrogens is 303 g/mol. The van der Waals surface area contributed by atoms with E-state index in [0.29, 0.717) is 5.82 Å². The maximum absolute atomic E-state index is 13.6. The molecule has 1 aromatic carbocycles. The zero-order chi connectivity index (χ0) is 15.8. The Labute approximate surface area is 125 Å². The van der Waals surface area contributed by atoms with Gasteiger partial charge in [0.05, 0.1) is 5.69 Å². The summed E-state index contributed by atoms with van der Waals surface area (Å²) in [5.74, 6) is -3.47. The van der Waals surface area contributed by atoms with Crippen LogP contribution in [-0.2, 0) is 5.41 Å². The van der Waals surface area contributed by atoms with Crippen LogP contribution in [0.4, 0.5) is 24.7 Å². The van der Waals surface area contributed by atoms with Gasteiger partial charge in [0.2, 0.25) is 0 Å². The van der Waals surface area contributed by atoms with Gasteiger partial charge in [-0.2, -0.15) is 0 Å². The quantitative estimate of drug-likeness (QED) is 0.650. The van der Waals surface area contributed by atoms with E-state index in [1.165, 1.54) is 6.07 Å². The average Bonchev–Trinajstić information content (AvgIpc) is 2.38. The van der Waals surface area contributed by atoms with Gasteiger partial charge in [0.25, 0.3) is 0 Å². The third kappa shape index (κ3) is 3.44. The molecule has 0 fully saturated rings. The van der Waals surface area contributed by atoms with Crippen molar-refractivity contribution in [1.29, 1.82) is 0 Å². The molecule has 0 saturated carbocycles. The Morgan fingerprint density at radius 3 is 2.33 bits per heavy atom. The number of hydrogen-bond acceptors (Lipinski definition) is 3. The number of nitrogens with zero attached hydrogens (tertiary/aromatic N) is 2. The monoisotopic (exact) mass is 315 g/mol. The molecule has 2 rings (SSSR count). The van der Waals surface area contributed by atoms with Crippen molar-refractivity contribution < 1.29 is 13.2 Å². The van der Waals surface area contributed by atoms with Crippen LogP contribution in [-0.4, -0.2) is 9.97 Å². The van der Waals surface area contributed by atoms with Crippen LogP contribution in [0.5, 0.6) is 0 Å². The van der Waals surface area contributed by atoms with Crippen LogP contribution in [0, 0.1) is 17.5 Å². The van der Waals surface area contributed by atoms with Crippen molar-refractivity contribution >= 4 is 23.1 Å². The van der Waals surface area contributed by atoms with Gasteiger partial charge in [-0.3, -0.25) is 0 Å². The second kappa shape index (κ2) is 5.52. The van der Waals surface area contributed by atoms with Crippen LogP contribution in [0.2, 0.25) is 5.15 Å². The zero-order valence-corrected chi connectivity index (χ0v) is 12.4. The van der Waals surface area contributed by atoms with Crippen molar-refractivity contribution in [2.45, 2.75) is 26.2 Å². The number of hydrogen-bond donors (Lipinski definition) is 1. The molecule has 1 aromatic heterocycles. The van der Waals surface area contributed by atoms with E-state index in [0.717, 1.165) is 12.1 Å². The molecule has 7 heteroatoms. The summed E-state index contributed by atoms with van der Waals surface area (Å²) in [6, 6.07) is 3.28. The van der Waals surface area contributed by atoms with E-state index in [-0.39, 0.29) is 22.1 Å². The topological polar surface area (TPSA) is 37.8 Å². The fraction of sp³-hybridized carbons (Fsp3) is 0.286. The summed E-state index contributed by atoms with van der Waals surface area (Å²) in [7, 11) is 0. The van der Waals surface area contributed by atoms with Crippen LogP contribution in [0.25, 0.3) is 0 Å². The van der Waals surface area contributed by atoms with E-state index < -0.39 is 17.5 Å². The highest BCUT2D eigenvalue weighted by Crippen LogP contribution is 2.26. The fourth-order valence-electron chi connectivity index (χ4n) is 1.58. The minimum atomic E-state index is -1.55. The number of halogens is 4. The highest BCUT2D eigenvalue weighted by molar-refractivity contribution is 6.29. The van der Waals surface area contributed by atoms with Crippen LogP contribution in [0.1, 0.15) is 26.6 Å². The Morgan fingerprint density at radius 1 is 1.05 bits per heavy atom. The van der Waals surface area contributed by atoms with E-state index in [1.807, 2.05) is 20.8 Å². The summed E-state index contributed by atoms with van der Waals surface area (Å²) in [5.41, 5.74) is -0.600. The molecule has 21 heavy (non-hydrogen) atoms. The normalized spacial score (nSPS) is 11.6. The predicted octanol–water partition coefficient (Wildman–Crippen LogP) is 4.59. The highest BCUT2D eigenvalue weighted by atomic mass is 35.5. The molecule has 0 atom stereocenters. The standard InChI is InChI=1S/C14H13ClF3N3/c1-14(2,3)13-20-9(15)6-10(21-13)19-8-5-4-7(16)11(17)12(8)18/h4-6H,1-3H3,(H,19,20,21). The highest BCUT2D eigenvalue weighted by Gasteiger charge is 2.20. The van der Waals surface area contributed by atoms with Crippen molar-refractivity contribution in [3.63, 3.8) is 0 Å². The molecule has 0 aliphatic heterocycles. The Morgan fingerprint density at radius 2 is 1.71 bits per heavy atom. The molecule has 112 valence electrons. The Hall–Kier alpha value is -1.82. The summed E-state index contributed by atoms with van der Waals surface area (Å²) < 4.78 is 39.7. The SMILES string of the molecule is CC(C)(C)c1nc(Cl)cc(Nc2ccc(F)c(F)c2F)n1. The minimum Gasteiger partial charge on any atom is -0.338 e. The van der Waals surface area contributed by atoms with E-state index in [2.05, 4.69) is 15.3 Å². The van der Waals surface area contributed by atoms with E-state index in [9.17, 15) is 13.2 Å². The Bertz CT molecular complexity index is 684. The molecular formula is C14H13ClF3N3. The first-order valence-electron chi connectivity index (χ1n) is 6.14. The maximum atomic E-state index is 13.6. The largest absolute Gasteiger partial charge is 0.338 e. The summed E-state index contributed by atoms with van der Waals surface area (Å²) in [4.78, 5) is 8.29. The van der Waals surface area contributed by atoms with Gasteiger partial charge in [-0.1, -0.05) is 32.4 Å². The second-order valence-electron chi connectivity index (χ2n) is 5.50. The third-order valence-corrected chi connectivity index (χ3v) is 2.86.